The van der Waals surface area contributed by atoms with E-state index < -0.39 is 12.2 Å². The molecule has 0 bridgehead atoms. The normalized spacial score (nSPS) is 17.4. The summed E-state index contributed by atoms with van der Waals surface area (Å²) in [4.78, 5) is 18.3. The maximum Gasteiger partial charge on any atom is 0.184 e. The number of hydrogen-bond donors (Lipinski definition) is 4. The highest BCUT2D eigenvalue weighted by atomic mass is 32.1. The van der Waals surface area contributed by atoms with Crippen molar-refractivity contribution < 1.29 is 10.2 Å². The minimum Gasteiger partial charge on any atom is -0.390 e. The highest BCUT2D eigenvalue weighted by Gasteiger charge is 2.32. The lowest BCUT2D eigenvalue weighted by molar-refractivity contribution is 0.165. The van der Waals surface area contributed by atoms with Crippen LogP contribution < -0.4 is 10.6 Å². The monoisotopic (exact) mass is 900 g/mol. The largest absolute Gasteiger partial charge is 0.390 e. The quantitative estimate of drug-likeness (QED) is 0.105. The van der Waals surface area contributed by atoms with Gasteiger partial charge in [0.2, 0.25) is 0 Å². The molecule has 4 aromatic carbocycles. The van der Waals surface area contributed by atoms with Crippen LogP contribution in [-0.2, 0) is 40.0 Å². The Morgan fingerprint density at radius 3 is 1.77 bits per heavy atom. The van der Waals surface area contributed by atoms with E-state index in [1.807, 2.05) is 88.2 Å². The number of hydrogen-bond acceptors (Lipinski definition) is 12. The first-order valence-electron chi connectivity index (χ1n) is 21.1. The van der Waals surface area contributed by atoms with Crippen LogP contribution in [0.4, 0.5) is 10.3 Å². The summed E-state index contributed by atoms with van der Waals surface area (Å²) in [5.41, 5.74) is 13.0. The van der Waals surface area contributed by atoms with Gasteiger partial charge in [-0.3, -0.25) is 9.36 Å². The molecule has 0 amide bonds. The first kappa shape index (κ1) is 42.0. The summed E-state index contributed by atoms with van der Waals surface area (Å²) in [5.74, 6) is 0. The van der Waals surface area contributed by atoms with Gasteiger partial charge in [-0.25, -0.2) is 19.9 Å². The molecule has 0 saturated carbocycles. The van der Waals surface area contributed by atoms with E-state index in [4.69, 9.17) is 9.97 Å². The number of aliphatic hydroxyl groups is 2. The van der Waals surface area contributed by atoms with Crippen LogP contribution in [0.3, 0.4) is 0 Å². The predicted octanol–water partition coefficient (Wildman–Crippen LogP) is 8.66. The number of thiazole rings is 2. The molecule has 0 spiro atoms. The lowest BCUT2D eigenvalue weighted by Gasteiger charge is -2.16. The van der Waals surface area contributed by atoms with Crippen molar-refractivity contribution in [2.45, 2.75) is 57.6 Å². The Bertz CT molecular complexity index is 3270. The van der Waals surface area contributed by atoms with E-state index in [0.29, 0.717) is 12.8 Å². The van der Waals surface area contributed by atoms with Gasteiger partial charge in [-0.1, -0.05) is 90.8 Å². The lowest BCUT2D eigenvalue weighted by Crippen LogP contribution is -2.20. The van der Waals surface area contributed by atoms with E-state index >= 15 is 0 Å². The fraction of sp³-hybridized carbons (Fsp3) is 0.224. The molecule has 14 nitrogen and oxygen atoms in total. The molecule has 4 atom stereocenters. The summed E-state index contributed by atoms with van der Waals surface area (Å²) in [5, 5.41) is 38.2. The molecule has 0 radical (unpaired) electrons. The van der Waals surface area contributed by atoms with Crippen LogP contribution in [0.25, 0.3) is 42.9 Å². The summed E-state index contributed by atoms with van der Waals surface area (Å²) in [6, 6.07) is 28.9. The number of rotatable bonds is 10. The smallest absolute Gasteiger partial charge is 0.184 e. The highest BCUT2D eigenvalue weighted by molar-refractivity contribution is 7.22. The number of nitrogens with one attached hydrogen (secondary N) is 2. The molecule has 12 rings (SSSR count). The molecule has 6 heterocycles. The third-order valence-electron chi connectivity index (χ3n) is 11.9. The SMILES string of the molecule is C.Cn1cc(-c2cn(Cc3ccc4nc(N[C@@H]5c6ccccc6C[C@H]5O)sc4c3)cn2)cn1.Cn1cc(-c2cncn2Cc2ccc3nc(N[C@@H]4c5ccccc5C[C@H]4O)sc3c2)cn1. The number of imidazole rings is 2. The number of fused-ring (bicyclic) bond motifs is 4. The highest BCUT2D eigenvalue weighted by Crippen LogP contribution is 2.38. The molecule has 0 unspecified atom stereocenters. The zero-order valence-corrected chi connectivity index (χ0v) is 36.7. The van der Waals surface area contributed by atoms with Crippen LogP contribution in [0.5, 0.6) is 0 Å². The fourth-order valence-electron chi connectivity index (χ4n) is 8.82. The topological polar surface area (TPSA) is 162 Å². The van der Waals surface area contributed by atoms with Crippen molar-refractivity contribution in [2.24, 2.45) is 14.1 Å². The van der Waals surface area contributed by atoms with Gasteiger partial charge >= 0.3 is 0 Å². The Kier molecular flexibility index (Phi) is 11.3. The summed E-state index contributed by atoms with van der Waals surface area (Å²) in [7, 11) is 3.82. The maximum atomic E-state index is 10.6. The van der Waals surface area contributed by atoms with Crippen molar-refractivity contribution >= 4 is 53.4 Å². The zero-order valence-electron chi connectivity index (χ0n) is 35.0. The molecule has 65 heavy (non-hydrogen) atoms. The van der Waals surface area contributed by atoms with Crippen molar-refractivity contribution in [2.75, 3.05) is 10.6 Å². The van der Waals surface area contributed by atoms with Crippen molar-refractivity contribution in [1.29, 1.82) is 0 Å². The Morgan fingerprint density at radius 1 is 0.646 bits per heavy atom. The summed E-state index contributed by atoms with van der Waals surface area (Å²) in [6.07, 6.45) is 15.7. The fourth-order valence-corrected chi connectivity index (χ4v) is 10.8. The minimum absolute atomic E-state index is 0. The Labute approximate surface area is 383 Å². The van der Waals surface area contributed by atoms with Gasteiger partial charge in [0.15, 0.2) is 10.3 Å². The van der Waals surface area contributed by atoms with Crippen LogP contribution in [0.2, 0.25) is 0 Å². The maximum absolute atomic E-state index is 10.6. The molecule has 6 aromatic heterocycles. The third-order valence-corrected chi connectivity index (χ3v) is 13.8. The number of aryl methyl sites for hydroxylation is 2. The van der Waals surface area contributed by atoms with Crippen molar-refractivity contribution in [3.8, 4) is 22.5 Å². The van der Waals surface area contributed by atoms with Gasteiger partial charge in [0, 0.05) is 69.7 Å². The predicted molar refractivity (Wildman–Crippen MR) is 258 cm³/mol. The summed E-state index contributed by atoms with van der Waals surface area (Å²) < 4.78 is 10.0. The van der Waals surface area contributed by atoms with Crippen molar-refractivity contribution in [1.82, 2.24) is 48.6 Å². The van der Waals surface area contributed by atoms with Gasteiger partial charge in [0.05, 0.1) is 87.4 Å². The Balaban J connectivity index is 0.000000151. The van der Waals surface area contributed by atoms with Gasteiger partial charge in [0.25, 0.3) is 0 Å². The average Bonchev–Trinajstić information content (AvgIpc) is 4.16. The van der Waals surface area contributed by atoms with E-state index in [1.54, 1.807) is 32.0 Å². The van der Waals surface area contributed by atoms with E-state index in [1.165, 1.54) is 22.3 Å². The molecule has 0 saturated heterocycles. The van der Waals surface area contributed by atoms with Gasteiger partial charge < -0.3 is 30.0 Å². The summed E-state index contributed by atoms with van der Waals surface area (Å²) >= 11 is 3.24. The number of benzene rings is 4. The number of anilines is 2. The second-order valence-electron chi connectivity index (χ2n) is 16.5. The van der Waals surface area contributed by atoms with E-state index in [9.17, 15) is 10.2 Å². The van der Waals surface area contributed by atoms with Crippen LogP contribution in [-0.4, -0.2) is 71.1 Å². The molecule has 0 aliphatic heterocycles. The number of aliphatic hydroxyl groups excluding tert-OH is 2. The second-order valence-corrected chi connectivity index (χ2v) is 18.5. The van der Waals surface area contributed by atoms with Crippen molar-refractivity contribution in [3.05, 3.63) is 168 Å². The Hall–Kier alpha value is -6.98. The standard InChI is InChI=1S/2C24H22N6OS.CH4/c1-29-13-17(10-26-29)20-11-25-14-30(20)12-15-6-7-19-22(8-15)32-24(27-19)28-23-18-5-3-2-4-16(18)9-21(23)31;1-29-12-17(10-26-29)20-13-30(14-25-20)11-15-6-7-19-22(8-15)32-24(27-19)28-23-18-5-3-2-4-16(18)9-21(23)31;/h2-8,10-11,13-14,21,23,31H,9,12H2,1H3,(H,27,28);2-8,10,12-14,21,23,31H,9,11H2,1H3,(H,27,28);1H4/t2*21-,23-;/m11./s1. The molecule has 2 aliphatic rings. The average molecular weight is 901 g/mol. The van der Waals surface area contributed by atoms with Crippen LogP contribution in [0.1, 0.15) is 52.9 Å². The minimum atomic E-state index is -0.442. The number of aromatic nitrogens is 10. The first-order valence-corrected chi connectivity index (χ1v) is 22.7. The molecule has 0 fully saturated rings. The van der Waals surface area contributed by atoms with Crippen LogP contribution >= 0.6 is 22.7 Å². The third kappa shape index (κ3) is 8.56. The van der Waals surface area contributed by atoms with Crippen LogP contribution in [0, 0.1) is 0 Å². The molecular formula is C49H48N12O2S2. The molecule has 16 heteroatoms. The van der Waals surface area contributed by atoms with E-state index in [0.717, 1.165) is 77.4 Å². The first-order chi connectivity index (χ1) is 31.3. The summed E-state index contributed by atoms with van der Waals surface area (Å²) in [6.45, 7) is 1.45. The zero-order chi connectivity index (χ0) is 43.3. The molecular weight excluding hydrogens is 853 g/mol. The van der Waals surface area contributed by atoms with Gasteiger partial charge in [0.1, 0.15) is 0 Å². The van der Waals surface area contributed by atoms with Crippen molar-refractivity contribution in [3.63, 3.8) is 0 Å². The molecule has 4 N–H and O–H groups in total. The van der Waals surface area contributed by atoms with Gasteiger partial charge in [-0.15, -0.1) is 0 Å². The van der Waals surface area contributed by atoms with Gasteiger partial charge in [-0.2, -0.15) is 10.2 Å². The van der Waals surface area contributed by atoms with Crippen LogP contribution in [0.15, 0.2) is 135 Å². The van der Waals surface area contributed by atoms with Gasteiger partial charge in [-0.05, 0) is 57.6 Å². The number of nitrogens with zero attached hydrogens (tertiary/aromatic N) is 10. The molecule has 2 aliphatic carbocycles. The van der Waals surface area contributed by atoms with E-state index in [-0.39, 0.29) is 19.5 Å². The Morgan fingerprint density at radius 2 is 1.20 bits per heavy atom. The molecule has 10 aromatic rings. The second kappa shape index (κ2) is 17.5. The van der Waals surface area contributed by atoms with E-state index in [2.05, 4.69) is 101 Å². The molecule has 328 valence electrons. The lowest BCUT2D eigenvalue weighted by atomic mass is 10.1.